The Labute approximate surface area is 89.9 Å². The minimum atomic E-state index is 0.730. The molecule has 0 spiro atoms. The van der Waals surface area contributed by atoms with Crippen LogP contribution in [-0.2, 0) is 12.4 Å². The Balaban J connectivity index is 2.53. The largest absolute Gasteiger partial charge is 0.273 e. The van der Waals surface area contributed by atoms with E-state index in [-0.39, 0.29) is 0 Å². The molecule has 2 aromatic heterocycles. The smallest absolute Gasteiger partial charge is 0.108 e. The summed E-state index contributed by atoms with van der Waals surface area (Å²) >= 11 is 3.39. The van der Waals surface area contributed by atoms with Gasteiger partial charge in [-0.3, -0.25) is 4.68 Å². The Morgan fingerprint density at radius 1 is 1.50 bits per heavy atom. The van der Waals surface area contributed by atoms with Crippen LogP contribution in [0.15, 0.2) is 12.4 Å². The van der Waals surface area contributed by atoms with Gasteiger partial charge in [-0.15, -0.1) is 5.10 Å². The summed E-state index contributed by atoms with van der Waals surface area (Å²) in [5.41, 5.74) is 2.93. The first-order valence-electron chi connectivity index (χ1n) is 4.18. The molecule has 2 aromatic rings. The molecule has 5 nitrogen and oxygen atoms in total. The molecular formula is C8H10BrN5. The summed E-state index contributed by atoms with van der Waals surface area (Å²) in [5, 5.41) is 12.9. The van der Waals surface area contributed by atoms with E-state index in [1.165, 1.54) is 0 Å². The lowest BCUT2D eigenvalue weighted by Crippen LogP contribution is -2.01. The SMILES string of the molecule is Cc1nn(C)cc1-n1nncc1CBr. The molecule has 74 valence electrons. The standard InChI is InChI=1S/C8H10BrN5/c1-6-8(5-13(2)11-6)14-7(3-9)4-10-12-14/h4-5H,3H2,1-2H3. The van der Waals surface area contributed by atoms with E-state index < -0.39 is 0 Å². The van der Waals surface area contributed by atoms with Crippen molar-refractivity contribution in [2.45, 2.75) is 12.3 Å². The van der Waals surface area contributed by atoms with Crippen molar-refractivity contribution < 1.29 is 0 Å². The third-order valence-electron chi connectivity index (χ3n) is 1.97. The van der Waals surface area contributed by atoms with E-state index in [0.717, 1.165) is 22.4 Å². The highest BCUT2D eigenvalue weighted by molar-refractivity contribution is 9.08. The van der Waals surface area contributed by atoms with Crippen LogP contribution in [0.1, 0.15) is 11.4 Å². The summed E-state index contributed by atoms with van der Waals surface area (Å²) in [6.45, 7) is 1.95. The zero-order valence-corrected chi connectivity index (χ0v) is 9.56. The van der Waals surface area contributed by atoms with Crippen molar-refractivity contribution in [1.82, 2.24) is 24.8 Å². The highest BCUT2D eigenvalue weighted by atomic mass is 79.9. The Bertz CT molecular complexity index is 444. The van der Waals surface area contributed by atoms with E-state index in [9.17, 15) is 0 Å². The Kier molecular flexibility index (Phi) is 2.37. The normalized spacial score (nSPS) is 10.8. The first kappa shape index (κ1) is 9.39. The monoisotopic (exact) mass is 255 g/mol. The van der Waals surface area contributed by atoms with Gasteiger partial charge >= 0.3 is 0 Å². The van der Waals surface area contributed by atoms with Gasteiger partial charge in [-0.25, -0.2) is 4.68 Å². The molecule has 0 saturated carbocycles. The van der Waals surface area contributed by atoms with Gasteiger partial charge in [0.05, 0.1) is 23.8 Å². The minimum absolute atomic E-state index is 0.730. The van der Waals surface area contributed by atoms with Gasteiger partial charge in [0.15, 0.2) is 0 Å². The third kappa shape index (κ3) is 1.45. The van der Waals surface area contributed by atoms with Gasteiger partial charge in [-0.2, -0.15) is 5.10 Å². The maximum Gasteiger partial charge on any atom is 0.108 e. The van der Waals surface area contributed by atoms with E-state index in [4.69, 9.17) is 0 Å². The van der Waals surface area contributed by atoms with Crippen LogP contribution in [0.25, 0.3) is 5.69 Å². The van der Waals surface area contributed by atoms with Gasteiger partial charge in [-0.1, -0.05) is 21.1 Å². The number of nitrogens with zero attached hydrogens (tertiary/aromatic N) is 5. The highest BCUT2D eigenvalue weighted by Gasteiger charge is 2.10. The molecule has 0 unspecified atom stereocenters. The molecule has 6 heteroatoms. The van der Waals surface area contributed by atoms with Crippen LogP contribution in [0, 0.1) is 6.92 Å². The number of halogens is 1. The third-order valence-corrected chi connectivity index (χ3v) is 2.55. The van der Waals surface area contributed by atoms with Gasteiger partial charge in [0.2, 0.25) is 0 Å². The topological polar surface area (TPSA) is 48.5 Å². The molecule has 0 atom stereocenters. The van der Waals surface area contributed by atoms with Gasteiger partial charge in [-0.05, 0) is 6.92 Å². The summed E-state index contributed by atoms with van der Waals surface area (Å²) in [7, 11) is 1.89. The fraction of sp³-hybridized carbons (Fsp3) is 0.375. The first-order valence-corrected chi connectivity index (χ1v) is 5.30. The Morgan fingerprint density at radius 3 is 2.86 bits per heavy atom. The molecule has 0 aliphatic carbocycles. The van der Waals surface area contributed by atoms with Crippen molar-refractivity contribution >= 4 is 15.9 Å². The molecule has 0 bridgehead atoms. The first-order chi connectivity index (χ1) is 6.72. The molecular weight excluding hydrogens is 246 g/mol. The van der Waals surface area contributed by atoms with E-state index in [1.54, 1.807) is 15.6 Å². The van der Waals surface area contributed by atoms with Crippen molar-refractivity contribution in [2.75, 3.05) is 0 Å². The molecule has 0 N–H and O–H groups in total. The zero-order valence-electron chi connectivity index (χ0n) is 7.98. The van der Waals surface area contributed by atoms with Crippen molar-refractivity contribution in [3.05, 3.63) is 23.8 Å². The van der Waals surface area contributed by atoms with E-state index >= 15 is 0 Å². The lowest BCUT2D eigenvalue weighted by molar-refractivity contribution is 0.755. The van der Waals surface area contributed by atoms with Crippen LogP contribution >= 0.6 is 15.9 Å². The number of aromatic nitrogens is 5. The minimum Gasteiger partial charge on any atom is -0.273 e. The lowest BCUT2D eigenvalue weighted by atomic mass is 10.4. The molecule has 0 saturated heterocycles. The number of alkyl halides is 1. The second kappa shape index (κ2) is 3.53. The quantitative estimate of drug-likeness (QED) is 0.758. The lowest BCUT2D eigenvalue weighted by Gasteiger charge is -2.00. The van der Waals surface area contributed by atoms with Gasteiger partial charge in [0, 0.05) is 12.4 Å². The molecule has 2 heterocycles. The Hall–Kier alpha value is -1.17. The van der Waals surface area contributed by atoms with Gasteiger partial charge in [0.25, 0.3) is 0 Å². The highest BCUT2D eigenvalue weighted by Crippen LogP contribution is 2.14. The van der Waals surface area contributed by atoms with Crippen LogP contribution in [-0.4, -0.2) is 24.8 Å². The van der Waals surface area contributed by atoms with Gasteiger partial charge in [0.1, 0.15) is 5.69 Å². The summed E-state index contributed by atoms with van der Waals surface area (Å²) in [5.74, 6) is 0. The average Bonchev–Trinajstić information content (AvgIpc) is 2.71. The van der Waals surface area contributed by atoms with Crippen molar-refractivity contribution in [2.24, 2.45) is 7.05 Å². The zero-order chi connectivity index (χ0) is 10.1. The van der Waals surface area contributed by atoms with Crippen LogP contribution < -0.4 is 0 Å². The van der Waals surface area contributed by atoms with Crippen LogP contribution in [0.4, 0.5) is 0 Å². The summed E-state index contributed by atoms with van der Waals surface area (Å²) < 4.78 is 3.56. The summed E-state index contributed by atoms with van der Waals surface area (Å²) in [6.07, 6.45) is 3.66. The van der Waals surface area contributed by atoms with E-state index in [2.05, 4.69) is 31.3 Å². The summed E-state index contributed by atoms with van der Waals surface area (Å²) in [4.78, 5) is 0. The molecule has 0 aromatic carbocycles. The molecule has 0 radical (unpaired) electrons. The fourth-order valence-electron chi connectivity index (χ4n) is 1.35. The number of aryl methyl sites for hydroxylation is 2. The number of hydrogen-bond acceptors (Lipinski definition) is 3. The van der Waals surface area contributed by atoms with Gasteiger partial charge < -0.3 is 0 Å². The van der Waals surface area contributed by atoms with Crippen molar-refractivity contribution in [1.29, 1.82) is 0 Å². The van der Waals surface area contributed by atoms with Crippen molar-refractivity contribution in [3.8, 4) is 5.69 Å². The molecule has 14 heavy (non-hydrogen) atoms. The Morgan fingerprint density at radius 2 is 2.29 bits per heavy atom. The van der Waals surface area contributed by atoms with Crippen LogP contribution in [0.5, 0.6) is 0 Å². The average molecular weight is 256 g/mol. The maximum absolute atomic E-state index is 4.26. The number of rotatable bonds is 2. The van der Waals surface area contributed by atoms with Crippen molar-refractivity contribution in [3.63, 3.8) is 0 Å². The summed E-state index contributed by atoms with van der Waals surface area (Å²) in [6, 6.07) is 0. The maximum atomic E-state index is 4.26. The van der Waals surface area contributed by atoms with E-state index in [0.29, 0.717) is 0 Å². The fourth-order valence-corrected chi connectivity index (χ4v) is 1.73. The van der Waals surface area contributed by atoms with E-state index in [1.807, 2.05) is 20.2 Å². The second-order valence-corrected chi connectivity index (χ2v) is 3.60. The molecule has 0 aliphatic heterocycles. The predicted octanol–water partition coefficient (Wildman–Crippen LogP) is 1.20. The molecule has 0 fully saturated rings. The van der Waals surface area contributed by atoms with Crippen LogP contribution in [0.3, 0.4) is 0 Å². The number of hydrogen-bond donors (Lipinski definition) is 0. The second-order valence-electron chi connectivity index (χ2n) is 3.04. The predicted molar refractivity (Wildman–Crippen MR) is 55.5 cm³/mol. The molecule has 0 aliphatic rings. The van der Waals surface area contributed by atoms with Crippen LogP contribution in [0.2, 0.25) is 0 Å². The molecule has 2 rings (SSSR count). The molecule has 0 amide bonds.